The van der Waals surface area contributed by atoms with Gasteiger partial charge in [0, 0.05) is 37.6 Å². The smallest absolute Gasteiger partial charge is 0.322 e. The summed E-state index contributed by atoms with van der Waals surface area (Å²) in [6.07, 6.45) is 1.06. The number of carbonyl (C=O) groups is 1. The number of hydrogen-bond acceptors (Lipinski definition) is 4. The van der Waals surface area contributed by atoms with Crippen LogP contribution in [0.25, 0.3) is 0 Å². The highest BCUT2D eigenvalue weighted by Crippen LogP contribution is 2.19. The first kappa shape index (κ1) is 16.6. The molecule has 2 aliphatic rings. The normalized spacial score (nSPS) is 23.3. The van der Waals surface area contributed by atoms with Crippen LogP contribution in [0.1, 0.15) is 6.42 Å². The lowest BCUT2D eigenvalue weighted by Gasteiger charge is -2.35. The third-order valence-corrected chi connectivity index (χ3v) is 5.50. The minimum atomic E-state index is 0.0250. The number of morpholine rings is 1. The third kappa shape index (κ3) is 4.86. The standard InChI is InChI=1S/C17H25N3O2S/c21-17(18-15-5-2-1-3-6-15)20-7-4-12-23-14-16(20)13-19-8-10-22-11-9-19/h1-3,5-6,16H,4,7-14H2,(H,18,21). The van der Waals surface area contributed by atoms with E-state index in [4.69, 9.17) is 4.74 Å². The molecule has 1 aromatic rings. The minimum absolute atomic E-state index is 0.0250. The van der Waals surface area contributed by atoms with Crippen molar-refractivity contribution in [2.45, 2.75) is 12.5 Å². The first-order valence-electron chi connectivity index (χ1n) is 8.33. The number of nitrogens with one attached hydrogen (secondary N) is 1. The Balaban J connectivity index is 1.63. The van der Waals surface area contributed by atoms with Crippen molar-refractivity contribution in [3.63, 3.8) is 0 Å². The summed E-state index contributed by atoms with van der Waals surface area (Å²) >= 11 is 1.96. The Labute approximate surface area is 142 Å². The summed E-state index contributed by atoms with van der Waals surface area (Å²) in [6, 6.07) is 10.0. The Kier molecular flexibility index (Phi) is 6.19. The van der Waals surface area contributed by atoms with Gasteiger partial charge in [0.1, 0.15) is 0 Å². The summed E-state index contributed by atoms with van der Waals surface area (Å²) < 4.78 is 5.43. The van der Waals surface area contributed by atoms with Gasteiger partial charge in [-0.05, 0) is 24.3 Å². The maximum absolute atomic E-state index is 12.7. The van der Waals surface area contributed by atoms with Crippen molar-refractivity contribution >= 4 is 23.5 Å². The van der Waals surface area contributed by atoms with Crippen molar-refractivity contribution in [1.82, 2.24) is 9.80 Å². The molecular formula is C17H25N3O2S. The largest absolute Gasteiger partial charge is 0.379 e. The topological polar surface area (TPSA) is 44.8 Å². The van der Waals surface area contributed by atoms with Gasteiger partial charge in [0.25, 0.3) is 0 Å². The van der Waals surface area contributed by atoms with Gasteiger partial charge < -0.3 is 15.0 Å². The van der Waals surface area contributed by atoms with Crippen LogP contribution >= 0.6 is 11.8 Å². The molecule has 23 heavy (non-hydrogen) atoms. The molecule has 3 rings (SSSR count). The number of amides is 2. The lowest BCUT2D eigenvalue weighted by atomic mass is 10.2. The van der Waals surface area contributed by atoms with E-state index in [2.05, 4.69) is 10.2 Å². The quantitative estimate of drug-likeness (QED) is 0.921. The molecule has 0 spiro atoms. The molecule has 2 amide bonds. The number of anilines is 1. The Hall–Kier alpha value is -1.24. The first-order valence-corrected chi connectivity index (χ1v) is 9.49. The van der Waals surface area contributed by atoms with Crippen molar-refractivity contribution in [2.75, 3.05) is 56.2 Å². The van der Waals surface area contributed by atoms with Gasteiger partial charge in [-0.3, -0.25) is 4.90 Å². The molecule has 1 atom stereocenters. The van der Waals surface area contributed by atoms with Crippen LogP contribution in [0.5, 0.6) is 0 Å². The van der Waals surface area contributed by atoms with E-state index < -0.39 is 0 Å². The second-order valence-corrected chi connectivity index (χ2v) is 7.13. The number of benzene rings is 1. The van der Waals surface area contributed by atoms with E-state index in [9.17, 15) is 4.79 Å². The molecule has 1 N–H and O–H groups in total. The second kappa shape index (κ2) is 8.57. The van der Waals surface area contributed by atoms with Crippen LogP contribution in [0.3, 0.4) is 0 Å². The van der Waals surface area contributed by atoms with Crippen LogP contribution < -0.4 is 5.32 Å². The number of ether oxygens (including phenoxy) is 1. The molecule has 2 saturated heterocycles. The third-order valence-electron chi connectivity index (χ3n) is 4.30. The fourth-order valence-electron chi connectivity index (χ4n) is 3.05. The number of thioether (sulfide) groups is 1. The number of rotatable bonds is 3. The summed E-state index contributed by atoms with van der Waals surface area (Å²) in [5.74, 6) is 2.15. The van der Waals surface area contributed by atoms with E-state index in [-0.39, 0.29) is 12.1 Å². The minimum Gasteiger partial charge on any atom is -0.379 e. The zero-order valence-electron chi connectivity index (χ0n) is 13.4. The molecule has 0 radical (unpaired) electrons. The second-order valence-electron chi connectivity index (χ2n) is 5.98. The Morgan fingerprint density at radius 3 is 2.78 bits per heavy atom. The highest BCUT2D eigenvalue weighted by Gasteiger charge is 2.28. The molecule has 2 aliphatic heterocycles. The summed E-state index contributed by atoms with van der Waals surface area (Å²) in [6.45, 7) is 5.32. The summed E-state index contributed by atoms with van der Waals surface area (Å²) in [7, 11) is 0. The molecule has 1 unspecified atom stereocenters. The summed E-state index contributed by atoms with van der Waals surface area (Å²) in [5.41, 5.74) is 0.861. The fraction of sp³-hybridized carbons (Fsp3) is 0.588. The number of para-hydroxylation sites is 1. The average Bonchev–Trinajstić information content (AvgIpc) is 2.82. The van der Waals surface area contributed by atoms with Gasteiger partial charge in [-0.25, -0.2) is 4.79 Å². The Bertz CT molecular complexity index is 494. The number of hydrogen-bond donors (Lipinski definition) is 1. The van der Waals surface area contributed by atoms with Gasteiger partial charge in [0.2, 0.25) is 0 Å². The van der Waals surface area contributed by atoms with E-state index in [1.54, 1.807) is 0 Å². The van der Waals surface area contributed by atoms with Crippen LogP contribution in [0.4, 0.5) is 10.5 Å². The van der Waals surface area contributed by atoms with Gasteiger partial charge in [-0.15, -0.1) is 0 Å². The van der Waals surface area contributed by atoms with Crippen molar-refractivity contribution in [2.24, 2.45) is 0 Å². The highest BCUT2D eigenvalue weighted by molar-refractivity contribution is 7.99. The number of urea groups is 1. The van der Waals surface area contributed by atoms with Gasteiger partial charge in [0.05, 0.1) is 19.3 Å². The van der Waals surface area contributed by atoms with E-state index in [1.165, 1.54) is 0 Å². The SMILES string of the molecule is O=C(Nc1ccccc1)N1CCCSCC1CN1CCOCC1. The van der Waals surface area contributed by atoms with Gasteiger partial charge in [-0.2, -0.15) is 11.8 Å². The van der Waals surface area contributed by atoms with Crippen molar-refractivity contribution in [3.8, 4) is 0 Å². The number of carbonyl (C=O) groups excluding carboxylic acids is 1. The monoisotopic (exact) mass is 335 g/mol. The van der Waals surface area contributed by atoms with Crippen molar-refractivity contribution < 1.29 is 9.53 Å². The molecule has 5 nitrogen and oxygen atoms in total. The number of nitrogens with zero attached hydrogens (tertiary/aromatic N) is 2. The van der Waals surface area contributed by atoms with Crippen LogP contribution in [0.2, 0.25) is 0 Å². The lowest BCUT2D eigenvalue weighted by Crippen LogP contribution is -2.51. The van der Waals surface area contributed by atoms with Crippen molar-refractivity contribution in [1.29, 1.82) is 0 Å². The predicted molar refractivity (Wildman–Crippen MR) is 95.2 cm³/mol. The predicted octanol–water partition coefficient (Wildman–Crippen LogP) is 2.36. The van der Waals surface area contributed by atoms with Gasteiger partial charge in [-0.1, -0.05) is 18.2 Å². The Morgan fingerprint density at radius 1 is 1.22 bits per heavy atom. The van der Waals surface area contributed by atoms with Crippen LogP contribution in [0.15, 0.2) is 30.3 Å². The molecule has 0 bridgehead atoms. The maximum atomic E-state index is 12.7. The Morgan fingerprint density at radius 2 is 2.00 bits per heavy atom. The molecule has 0 aliphatic carbocycles. The molecule has 2 fully saturated rings. The van der Waals surface area contributed by atoms with Gasteiger partial charge >= 0.3 is 6.03 Å². The van der Waals surface area contributed by atoms with Crippen molar-refractivity contribution in [3.05, 3.63) is 30.3 Å². The van der Waals surface area contributed by atoms with E-state index >= 15 is 0 Å². The summed E-state index contributed by atoms with van der Waals surface area (Å²) in [4.78, 5) is 17.2. The molecular weight excluding hydrogens is 310 g/mol. The zero-order valence-corrected chi connectivity index (χ0v) is 14.3. The fourth-order valence-corrected chi connectivity index (χ4v) is 4.10. The molecule has 0 saturated carbocycles. The molecule has 1 aromatic carbocycles. The molecule has 126 valence electrons. The van der Waals surface area contributed by atoms with Crippen LogP contribution in [-0.2, 0) is 4.74 Å². The lowest BCUT2D eigenvalue weighted by molar-refractivity contribution is 0.0288. The average molecular weight is 335 g/mol. The van der Waals surface area contributed by atoms with Gasteiger partial charge in [0.15, 0.2) is 0 Å². The van der Waals surface area contributed by atoms with E-state index in [0.717, 1.165) is 63.0 Å². The highest BCUT2D eigenvalue weighted by atomic mass is 32.2. The maximum Gasteiger partial charge on any atom is 0.322 e. The first-order chi connectivity index (χ1) is 11.3. The molecule has 6 heteroatoms. The molecule has 2 heterocycles. The summed E-state index contributed by atoms with van der Waals surface area (Å²) in [5, 5.41) is 3.04. The van der Waals surface area contributed by atoms with Crippen LogP contribution in [0, 0.1) is 0 Å². The zero-order chi connectivity index (χ0) is 15.9. The molecule has 0 aromatic heterocycles. The van der Waals surface area contributed by atoms with E-state index in [1.807, 2.05) is 47.0 Å². The van der Waals surface area contributed by atoms with E-state index in [0.29, 0.717) is 0 Å². The van der Waals surface area contributed by atoms with Crippen LogP contribution in [-0.4, -0.2) is 72.8 Å².